The van der Waals surface area contributed by atoms with Crippen molar-refractivity contribution in [2.24, 2.45) is 5.92 Å². The fraction of sp³-hybridized carbons (Fsp3) is 0.727. The Hall–Kier alpha value is -1.01. The summed E-state index contributed by atoms with van der Waals surface area (Å²) in [7, 11) is -1.44. The lowest BCUT2D eigenvalue weighted by Crippen LogP contribution is -2.43. The SMILES string of the molecule is CC1CN(C(=O)OC(C)(C)C)CC=C1B(O)O. The Labute approximate surface area is 102 Å². The Kier molecular flexibility index (Phi) is 4.22. The highest BCUT2D eigenvalue weighted by atomic mass is 16.6. The van der Waals surface area contributed by atoms with Crippen LogP contribution in [0.3, 0.4) is 0 Å². The number of hydrogen-bond acceptors (Lipinski definition) is 4. The van der Waals surface area contributed by atoms with Crippen LogP contribution in [0.15, 0.2) is 11.5 Å². The van der Waals surface area contributed by atoms with Gasteiger partial charge in [0, 0.05) is 13.1 Å². The zero-order valence-electron chi connectivity index (χ0n) is 10.8. The zero-order chi connectivity index (χ0) is 13.2. The van der Waals surface area contributed by atoms with E-state index < -0.39 is 12.7 Å². The van der Waals surface area contributed by atoms with E-state index >= 15 is 0 Å². The van der Waals surface area contributed by atoms with Crippen LogP contribution in [0.2, 0.25) is 0 Å². The number of hydrogen-bond donors (Lipinski definition) is 2. The predicted molar refractivity (Wildman–Crippen MR) is 65.2 cm³/mol. The number of carbonyl (C=O) groups excluding carboxylic acids is 1. The smallest absolute Gasteiger partial charge is 0.444 e. The Morgan fingerprint density at radius 1 is 1.53 bits per heavy atom. The van der Waals surface area contributed by atoms with Gasteiger partial charge in [0.05, 0.1) is 0 Å². The summed E-state index contributed by atoms with van der Waals surface area (Å²) in [6, 6.07) is 0. The standard InChI is InChI=1S/C11H20BNO4/c1-8-7-13(6-5-9(8)12(15)16)10(14)17-11(2,3)4/h5,8,15-16H,6-7H2,1-4H3. The monoisotopic (exact) mass is 241 g/mol. The van der Waals surface area contributed by atoms with Gasteiger partial charge in [-0.3, -0.25) is 0 Å². The molecule has 0 bridgehead atoms. The third kappa shape index (κ3) is 4.05. The van der Waals surface area contributed by atoms with Crippen LogP contribution in [0, 0.1) is 5.92 Å². The molecule has 2 N–H and O–H groups in total. The molecule has 17 heavy (non-hydrogen) atoms. The molecule has 1 heterocycles. The molecule has 0 spiro atoms. The maximum atomic E-state index is 11.8. The van der Waals surface area contributed by atoms with Gasteiger partial charge in [-0.05, 0) is 32.2 Å². The molecule has 1 unspecified atom stereocenters. The van der Waals surface area contributed by atoms with E-state index in [2.05, 4.69) is 0 Å². The molecular formula is C11H20BNO4. The first-order valence-corrected chi connectivity index (χ1v) is 5.74. The van der Waals surface area contributed by atoms with Crippen molar-refractivity contribution < 1.29 is 19.6 Å². The van der Waals surface area contributed by atoms with Crippen molar-refractivity contribution in [1.82, 2.24) is 4.90 Å². The van der Waals surface area contributed by atoms with Crippen molar-refractivity contribution in [3.8, 4) is 0 Å². The first-order chi connectivity index (χ1) is 7.70. The van der Waals surface area contributed by atoms with E-state index in [1.165, 1.54) is 0 Å². The van der Waals surface area contributed by atoms with E-state index in [0.29, 0.717) is 18.6 Å². The second-order valence-corrected chi connectivity index (χ2v) is 5.36. The van der Waals surface area contributed by atoms with Gasteiger partial charge < -0.3 is 19.7 Å². The summed E-state index contributed by atoms with van der Waals surface area (Å²) >= 11 is 0. The summed E-state index contributed by atoms with van der Waals surface area (Å²) in [5.74, 6) is -0.0729. The molecule has 0 radical (unpaired) electrons. The number of carbonyl (C=O) groups is 1. The van der Waals surface area contributed by atoms with Crippen LogP contribution in [0.5, 0.6) is 0 Å². The lowest BCUT2D eigenvalue weighted by molar-refractivity contribution is 0.0245. The van der Waals surface area contributed by atoms with E-state index in [-0.39, 0.29) is 12.0 Å². The van der Waals surface area contributed by atoms with E-state index in [0.717, 1.165) is 0 Å². The van der Waals surface area contributed by atoms with Gasteiger partial charge in [-0.1, -0.05) is 13.0 Å². The molecule has 1 aliphatic rings. The molecule has 0 aromatic heterocycles. The van der Waals surface area contributed by atoms with Crippen molar-refractivity contribution in [2.45, 2.75) is 33.3 Å². The van der Waals surface area contributed by atoms with Gasteiger partial charge in [0.1, 0.15) is 5.60 Å². The van der Waals surface area contributed by atoms with E-state index in [4.69, 9.17) is 14.8 Å². The van der Waals surface area contributed by atoms with Gasteiger partial charge in [0.2, 0.25) is 0 Å². The highest BCUT2D eigenvalue weighted by Crippen LogP contribution is 2.20. The van der Waals surface area contributed by atoms with Crippen LogP contribution in [0.25, 0.3) is 0 Å². The van der Waals surface area contributed by atoms with Gasteiger partial charge in [0.15, 0.2) is 0 Å². The van der Waals surface area contributed by atoms with Crippen LogP contribution < -0.4 is 0 Å². The third-order valence-corrected chi connectivity index (χ3v) is 2.56. The minimum atomic E-state index is -1.44. The van der Waals surface area contributed by atoms with Crippen LogP contribution in [0.1, 0.15) is 27.7 Å². The maximum Gasteiger partial charge on any atom is 0.484 e. The predicted octanol–water partition coefficient (Wildman–Crippen LogP) is 0.812. The molecule has 0 aliphatic carbocycles. The van der Waals surface area contributed by atoms with Gasteiger partial charge in [-0.15, -0.1) is 0 Å². The van der Waals surface area contributed by atoms with Gasteiger partial charge >= 0.3 is 13.2 Å². The summed E-state index contributed by atoms with van der Waals surface area (Å²) in [5, 5.41) is 18.2. The van der Waals surface area contributed by atoms with E-state index in [1.54, 1.807) is 11.0 Å². The lowest BCUT2D eigenvalue weighted by atomic mass is 9.71. The molecule has 0 saturated heterocycles. The summed E-state index contributed by atoms with van der Waals surface area (Å²) in [5.41, 5.74) is 0.0469. The third-order valence-electron chi connectivity index (χ3n) is 2.56. The second kappa shape index (κ2) is 5.10. The quantitative estimate of drug-likeness (QED) is 0.666. The molecule has 0 fully saturated rings. The molecule has 1 atom stereocenters. The van der Waals surface area contributed by atoms with Crippen molar-refractivity contribution in [3.05, 3.63) is 11.5 Å². The van der Waals surface area contributed by atoms with Crippen molar-refractivity contribution >= 4 is 13.2 Å². The fourth-order valence-electron chi connectivity index (χ4n) is 1.76. The van der Waals surface area contributed by atoms with Crippen LogP contribution in [-0.4, -0.2) is 46.9 Å². The molecule has 96 valence electrons. The molecule has 1 amide bonds. The second-order valence-electron chi connectivity index (χ2n) is 5.36. The normalized spacial score (nSPS) is 20.9. The highest BCUT2D eigenvalue weighted by molar-refractivity contribution is 6.50. The van der Waals surface area contributed by atoms with Gasteiger partial charge in [-0.25, -0.2) is 4.79 Å². The fourth-order valence-corrected chi connectivity index (χ4v) is 1.76. The Balaban J connectivity index is 2.64. The average Bonchev–Trinajstić information content (AvgIpc) is 2.14. The minimum absolute atomic E-state index is 0.0729. The summed E-state index contributed by atoms with van der Waals surface area (Å²) in [4.78, 5) is 13.3. The summed E-state index contributed by atoms with van der Waals surface area (Å²) in [6.45, 7) is 8.09. The molecular weight excluding hydrogens is 221 g/mol. The van der Waals surface area contributed by atoms with Gasteiger partial charge in [-0.2, -0.15) is 0 Å². The van der Waals surface area contributed by atoms with Crippen molar-refractivity contribution in [2.75, 3.05) is 13.1 Å². The molecule has 6 heteroatoms. The first-order valence-electron chi connectivity index (χ1n) is 5.74. The topological polar surface area (TPSA) is 70.0 Å². The molecule has 1 aliphatic heterocycles. The van der Waals surface area contributed by atoms with E-state index in [1.807, 2.05) is 27.7 Å². The van der Waals surface area contributed by atoms with Crippen LogP contribution in [0.4, 0.5) is 4.79 Å². The number of amides is 1. The zero-order valence-corrected chi connectivity index (χ0v) is 10.8. The largest absolute Gasteiger partial charge is 0.484 e. The average molecular weight is 241 g/mol. The van der Waals surface area contributed by atoms with Crippen LogP contribution in [-0.2, 0) is 4.74 Å². The van der Waals surface area contributed by atoms with E-state index in [9.17, 15) is 4.79 Å². The highest BCUT2D eigenvalue weighted by Gasteiger charge is 2.30. The molecule has 0 aromatic rings. The summed E-state index contributed by atoms with van der Waals surface area (Å²) in [6.07, 6.45) is 1.30. The number of rotatable bonds is 1. The summed E-state index contributed by atoms with van der Waals surface area (Å²) < 4.78 is 5.25. The van der Waals surface area contributed by atoms with Crippen LogP contribution >= 0.6 is 0 Å². The van der Waals surface area contributed by atoms with Crippen molar-refractivity contribution in [1.29, 1.82) is 0 Å². The minimum Gasteiger partial charge on any atom is -0.444 e. The van der Waals surface area contributed by atoms with Gasteiger partial charge in [0.25, 0.3) is 0 Å². The maximum absolute atomic E-state index is 11.8. The van der Waals surface area contributed by atoms with Crippen molar-refractivity contribution in [3.63, 3.8) is 0 Å². The number of ether oxygens (including phenoxy) is 1. The molecule has 0 aromatic carbocycles. The first kappa shape index (κ1) is 14.1. The Bertz CT molecular complexity index is 322. The molecule has 0 saturated carbocycles. The molecule has 1 rings (SSSR count). The Morgan fingerprint density at radius 3 is 2.53 bits per heavy atom. The Morgan fingerprint density at radius 2 is 2.12 bits per heavy atom. The lowest BCUT2D eigenvalue weighted by Gasteiger charge is -2.32. The number of nitrogens with zero attached hydrogens (tertiary/aromatic N) is 1. The molecule has 5 nitrogen and oxygen atoms in total.